The second-order valence-electron chi connectivity index (χ2n) is 4.34. The Morgan fingerprint density at radius 1 is 1.16 bits per heavy atom. The van der Waals surface area contributed by atoms with Crippen LogP contribution in [0.5, 0.6) is 5.75 Å². The fourth-order valence-electron chi connectivity index (χ4n) is 1.81. The van der Waals surface area contributed by atoms with E-state index in [-0.39, 0.29) is 0 Å². The molecule has 19 heavy (non-hydrogen) atoms. The molecule has 0 amide bonds. The number of ether oxygens (including phenoxy) is 1. The minimum Gasteiger partial charge on any atom is -0.493 e. The smallest absolute Gasteiger partial charge is 0.200 e. The van der Waals surface area contributed by atoms with Crippen molar-refractivity contribution in [1.82, 2.24) is 9.97 Å². The average molecular weight is 254 g/mol. The van der Waals surface area contributed by atoms with Crippen LogP contribution in [0, 0.1) is 6.92 Å². The Balaban J connectivity index is 1.61. The number of oxazole rings is 1. The predicted octanol–water partition coefficient (Wildman–Crippen LogP) is 3.15. The van der Waals surface area contributed by atoms with Crippen molar-refractivity contribution >= 4 is 11.2 Å². The number of nitrogens with zero attached hydrogens (tertiary/aromatic N) is 2. The number of fused-ring (bicyclic) bond motifs is 1. The van der Waals surface area contributed by atoms with E-state index in [2.05, 4.69) is 16.9 Å². The molecule has 0 saturated heterocycles. The van der Waals surface area contributed by atoms with Gasteiger partial charge in [-0.15, -0.1) is 0 Å². The maximum Gasteiger partial charge on any atom is 0.200 e. The van der Waals surface area contributed by atoms with Crippen molar-refractivity contribution in [1.29, 1.82) is 0 Å². The average Bonchev–Trinajstić information content (AvgIpc) is 2.83. The van der Waals surface area contributed by atoms with Gasteiger partial charge in [-0.3, -0.25) is 0 Å². The molecule has 0 atom stereocenters. The van der Waals surface area contributed by atoms with E-state index >= 15 is 0 Å². The zero-order chi connectivity index (χ0) is 13.1. The SMILES string of the molecule is Cc1ccc(OCCc2nc3ncccc3o2)cc1. The zero-order valence-corrected chi connectivity index (χ0v) is 10.7. The number of hydrogen-bond donors (Lipinski definition) is 0. The fraction of sp³-hybridized carbons (Fsp3) is 0.200. The van der Waals surface area contributed by atoms with Gasteiger partial charge in [0.25, 0.3) is 0 Å². The van der Waals surface area contributed by atoms with Gasteiger partial charge in [0.05, 0.1) is 13.0 Å². The van der Waals surface area contributed by atoms with Gasteiger partial charge >= 0.3 is 0 Å². The summed E-state index contributed by atoms with van der Waals surface area (Å²) in [6.07, 6.45) is 2.33. The van der Waals surface area contributed by atoms with E-state index in [0.29, 0.717) is 30.1 Å². The molecule has 2 aromatic heterocycles. The van der Waals surface area contributed by atoms with Crippen LogP contribution in [-0.2, 0) is 6.42 Å². The molecule has 0 bridgehead atoms. The third-order valence-electron chi connectivity index (χ3n) is 2.81. The van der Waals surface area contributed by atoms with Crippen molar-refractivity contribution in [3.63, 3.8) is 0 Å². The highest BCUT2D eigenvalue weighted by atomic mass is 16.5. The van der Waals surface area contributed by atoms with Gasteiger partial charge < -0.3 is 9.15 Å². The van der Waals surface area contributed by atoms with Crippen LogP contribution in [0.1, 0.15) is 11.5 Å². The van der Waals surface area contributed by atoms with Gasteiger partial charge in [-0.2, -0.15) is 4.98 Å². The molecule has 0 radical (unpaired) electrons. The Labute approximate surface area is 111 Å². The zero-order valence-electron chi connectivity index (χ0n) is 10.7. The fourth-order valence-corrected chi connectivity index (χ4v) is 1.81. The van der Waals surface area contributed by atoms with Crippen LogP contribution in [0.4, 0.5) is 0 Å². The molecule has 0 spiro atoms. The molecule has 2 heterocycles. The highest BCUT2D eigenvalue weighted by Crippen LogP contribution is 2.14. The van der Waals surface area contributed by atoms with E-state index < -0.39 is 0 Å². The van der Waals surface area contributed by atoms with Crippen molar-refractivity contribution in [3.8, 4) is 5.75 Å². The van der Waals surface area contributed by atoms with Gasteiger partial charge in [-0.05, 0) is 31.2 Å². The standard InChI is InChI=1S/C15H14N2O2/c1-11-4-6-12(7-5-11)18-10-8-14-17-15-13(19-14)3-2-9-16-15/h2-7,9H,8,10H2,1H3. The number of aromatic nitrogens is 2. The third-order valence-corrected chi connectivity index (χ3v) is 2.81. The van der Waals surface area contributed by atoms with Gasteiger partial charge in [0, 0.05) is 6.20 Å². The van der Waals surface area contributed by atoms with E-state index in [9.17, 15) is 0 Å². The lowest BCUT2D eigenvalue weighted by molar-refractivity contribution is 0.308. The normalized spacial score (nSPS) is 10.8. The van der Waals surface area contributed by atoms with Crippen molar-refractivity contribution in [2.75, 3.05) is 6.61 Å². The molecular formula is C15H14N2O2. The Morgan fingerprint density at radius 2 is 2.00 bits per heavy atom. The summed E-state index contributed by atoms with van der Waals surface area (Å²) in [5, 5.41) is 0. The van der Waals surface area contributed by atoms with Gasteiger partial charge in [-0.1, -0.05) is 17.7 Å². The number of aryl methyl sites for hydroxylation is 1. The molecule has 4 heteroatoms. The second-order valence-corrected chi connectivity index (χ2v) is 4.34. The lowest BCUT2D eigenvalue weighted by Gasteiger charge is -2.04. The van der Waals surface area contributed by atoms with Crippen molar-refractivity contribution in [3.05, 3.63) is 54.0 Å². The number of pyridine rings is 1. The quantitative estimate of drug-likeness (QED) is 0.717. The molecule has 3 aromatic rings. The van der Waals surface area contributed by atoms with Crippen LogP contribution in [0.3, 0.4) is 0 Å². The molecule has 0 saturated carbocycles. The van der Waals surface area contributed by atoms with Gasteiger partial charge in [0.2, 0.25) is 0 Å². The summed E-state index contributed by atoms with van der Waals surface area (Å²) in [6.45, 7) is 2.59. The first-order chi connectivity index (χ1) is 9.31. The Hall–Kier alpha value is -2.36. The molecule has 96 valence electrons. The first-order valence-corrected chi connectivity index (χ1v) is 6.21. The summed E-state index contributed by atoms with van der Waals surface area (Å²) < 4.78 is 11.2. The first-order valence-electron chi connectivity index (χ1n) is 6.21. The molecule has 0 aliphatic carbocycles. The summed E-state index contributed by atoms with van der Waals surface area (Å²) in [5.41, 5.74) is 2.58. The van der Waals surface area contributed by atoms with E-state index in [4.69, 9.17) is 9.15 Å². The lowest BCUT2D eigenvalue weighted by atomic mass is 10.2. The number of benzene rings is 1. The molecular weight excluding hydrogens is 240 g/mol. The van der Waals surface area contributed by atoms with Crippen LogP contribution in [0.15, 0.2) is 47.0 Å². The molecule has 0 aliphatic rings. The van der Waals surface area contributed by atoms with E-state index in [1.165, 1.54) is 5.56 Å². The Morgan fingerprint density at radius 3 is 2.79 bits per heavy atom. The van der Waals surface area contributed by atoms with Crippen molar-refractivity contribution in [2.45, 2.75) is 13.3 Å². The summed E-state index contributed by atoms with van der Waals surface area (Å²) in [5.74, 6) is 1.51. The maximum atomic E-state index is 5.64. The van der Waals surface area contributed by atoms with Crippen LogP contribution < -0.4 is 4.74 Å². The topological polar surface area (TPSA) is 48.2 Å². The lowest BCUT2D eigenvalue weighted by Crippen LogP contribution is -2.01. The number of rotatable bonds is 4. The molecule has 0 unspecified atom stereocenters. The van der Waals surface area contributed by atoms with Crippen molar-refractivity contribution in [2.24, 2.45) is 0 Å². The summed E-state index contributed by atoms with van der Waals surface area (Å²) in [7, 11) is 0. The largest absolute Gasteiger partial charge is 0.493 e. The molecule has 0 N–H and O–H groups in total. The summed E-state index contributed by atoms with van der Waals surface area (Å²) in [4.78, 5) is 8.43. The van der Waals surface area contributed by atoms with E-state index in [1.807, 2.05) is 36.4 Å². The monoisotopic (exact) mass is 254 g/mol. The third kappa shape index (κ3) is 2.73. The molecule has 4 nitrogen and oxygen atoms in total. The summed E-state index contributed by atoms with van der Waals surface area (Å²) in [6, 6.07) is 11.7. The molecule has 3 rings (SSSR count). The maximum absolute atomic E-state index is 5.64. The van der Waals surface area contributed by atoms with Crippen LogP contribution >= 0.6 is 0 Å². The van der Waals surface area contributed by atoms with Gasteiger partial charge in [-0.25, -0.2) is 4.98 Å². The van der Waals surface area contributed by atoms with Gasteiger partial charge in [0.15, 0.2) is 17.1 Å². The van der Waals surface area contributed by atoms with E-state index in [0.717, 1.165) is 5.75 Å². The molecule has 0 aliphatic heterocycles. The highest BCUT2D eigenvalue weighted by Gasteiger charge is 2.05. The highest BCUT2D eigenvalue weighted by molar-refractivity contribution is 5.66. The van der Waals surface area contributed by atoms with Crippen molar-refractivity contribution < 1.29 is 9.15 Å². The minimum absolute atomic E-state index is 0.538. The first kappa shape index (κ1) is 11.7. The molecule has 0 fully saturated rings. The van der Waals surface area contributed by atoms with Crippen LogP contribution in [-0.4, -0.2) is 16.6 Å². The Kier molecular flexibility index (Phi) is 3.14. The predicted molar refractivity (Wildman–Crippen MR) is 72.2 cm³/mol. The summed E-state index contributed by atoms with van der Waals surface area (Å²) >= 11 is 0. The Bertz CT molecular complexity index is 641. The van der Waals surface area contributed by atoms with E-state index in [1.54, 1.807) is 6.20 Å². The number of hydrogen-bond acceptors (Lipinski definition) is 4. The molecule has 1 aromatic carbocycles. The second kappa shape index (κ2) is 5.10. The van der Waals surface area contributed by atoms with Gasteiger partial charge in [0.1, 0.15) is 5.75 Å². The minimum atomic E-state index is 0.538. The van der Waals surface area contributed by atoms with Crippen LogP contribution in [0.25, 0.3) is 11.2 Å². The van der Waals surface area contributed by atoms with Crippen LogP contribution in [0.2, 0.25) is 0 Å².